The van der Waals surface area contributed by atoms with Gasteiger partial charge in [0.25, 0.3) is 0 Å². The van der Waals surface area contributed by atoms with Crippen molar-refractivity contribution in [1.29, 1.82) is 0 Å². The highest BCUT2D eigenvalue weighted by Crippen LogP contribution is 2.32. The van der Waals surface area contributed by atoms with Crippen molar-refractivity contribution in [3.63, 3.8) is 0 Å². The van der Waals surface area contributed by atoms with E-state index in [9.17, 15) is 15.3 Å². The van der Waals surface area contributed by atoms with Crippen molar-refractivity contribution in [2.45, 2.75) is 63.7 Å². The number of aliphatic hydroxyl groups is 3. The molecule has 9 nitrogen and oxygen atoms in total. The van der Waals surface area contributed by atoms with Gasteiger partial charge in [-0.1, -0.05) is 44.0 Å². The number of benzene rings is 1. The van der Waals surface area contributed by atoms with Crippen LogP contribution in [0.4, 0.5) is 5.82 Å². The fraction of sp³-hybridized carbons (Fsp3) is 0.500. The first-order chi connectivity index (χ1) is 15.1. The molecule has 0 radical (unpaired) electrons. The molecule has 1 fully saturated rings. The van der Waals surface area contributed by atoms with Crippen LogP contribution >= 0.6 is 0 Å². The second kappa shape index (κ2) is 9.69. The summed E-state index contributed by atoms with van der Waals surface area (Å²) in [6.07, 6.45) is 3.58. The lowest BCUT2D eigenvalue weighted by molar-refractivity contribution is -0.0511. The number of unbranched alkanes of at least 4 members (excludes halogenated alkanes) is 2. The Morgan fingerprint density at radius 2 is 1.81 bits per heavy atom. The van der Waals surface area contributed by atoms with Crippen molar-refractivity contribution in [1.82, 2.24) is 19.5 Å². The third-order valence-electron chi connectivity index (χ3n) is 5.70. The zero-order chi connectivity index (χ0) is 21.8. The second-order valence-corrected chi connectivity index (χ2v) is 7.90. The molecule has 166 valence electrons. The van der Waals surface area contributed by atoms with E-state index in [0.717, 1.165) is 12.0 Å². The predicted octanol–water partition coefficient (Wildman–Crippen LogP) is 1.78. The van der Waals surface area contributed by atoms with Gasteiger partial charge in [-0.2, -0.15) is 0 Å². The third kappa shape index (κ3) is 4.54. The van der Waals surface area contributed by atoms with Crippen LogP contribution in [-0.4, -0.2) is 59.8 Å². The molecule has 9 heteroatoms. The highest BCUT2D eigenvalue weighted by molar-refractivity contribution is 5.82. The van der Waals surface area contributed by atoms with Gasteiger partial charge in [0.05, 0.1) is 12.9 Å². The molecule has 2 aromatic heterocycles. The van der Waals surface area contributed by atoms with Crippen LogP contribution < -0.4 is 5.32 Å². The van der Waals surface area contributed by atoms with E-state index >= 15 is 0 Å². The minimum absolute atomic E-state index is 0.388. The number of aromatic nitrogens is 4. The summed E-state index contributed by atoms with van der Waals surface area (Å²) in [4.78, 5) is 13.0. The number of nitrogens with one attached hydrogen (secondary N) is 1. The van der Waals surface area contributed by atoms with Crippen molar-refractivity contribution >= 4 is 17.0 Å². The Morgan fingerprint density at radius 3 is 2.52 bits per heavy atom. The van der Waals surface area contributed by atoms with Gasteiger partial charge in [0.2, 0.25) is 0 Å². The second-order valence-electron chi connectivity index (χ2n) is 7.90. The molecule has 0 bridgehead atoms. The van der Waals surface area contributed by atoms with Crippen molar-refractivity contribution in [3.8, 4) is 0 Å². The van der Waals surface area contributed by atoms with Crippen molar-refractivity contribution in [3.05, 3.63) is 48.0 Å². The summed E-state index contributed by atoms with van der Waals surface area (Å²) in [5.41, 5.74) is 3.49. The molecule has 3 aromatic rings. The number of imidazole rings is 1. The molecule has 0 aliphatic carbocycles. The Labute approximate surface area is 180 Å². The van der Waals surface area contributed by atoms with Crippen molar-refractivity contribution < 1.29 is 20.1 Å². The summed E-state index contributed by atoms with van der Waals surface area (Å²) in [6, 6.07) is 8.56. The third-order valence-corrected chi connectivity index (χ3v) is 5.70. The molecule has 31 heavy (non-hydrogen) atoms. The van der Waals surface area contributed by atoms with E-state index in [-0.39, 0.29) is 6.61 Å². The molecule has 1 aliphatic heterocycles. The number of aryl methyl sites for hydroxylation is 1. The van der Waals surface area contributed by atoms with Crippen LogP contribution in [0.5, 0.6) is 0 Å². The maximum atomic E-state index is 10.3. The lowest BCUT2D eigenvalue weighted by Gasteiger charge is -2.16. The topological polar surface area (TPSA) is 126 Å². The van der Waals surface area contributed by atoms with Gasteiger partial charge in [0.15, 0.2) is 23.2 Å². The molecule has 0 amide bonds. The quantitative estimate of drug-likeness (QED) is 0.381. The maximum Gasteiger partial charge on any atom is 0.167 e. The fourth-order valence-corrected chi connectivity index (χ4v) is 3.87. The van der Waals surface area contributed by atoms with Gasteiger partial charge in [-0.3, -0.25) is 4.57 Å². The Balaban J connectivity index is 1.46. The molecule has 1 aliphatic rings. The summed E-state index contributed by atoms with van der Waals surface area (Å²) >= 11 is 0. The highest BCUT2D eigenvalue weighted by atomic mass is 16.6. The first-order valence-corrected chi connectivity index (χ1v) is 10.7. The monoisotopic (exact) mass is 427 g/mol. The highest BCUT2D eigenvalue weighted by Gasteiger charge is 2.44. The van der Waals surface area contributed by atoms with Gasteiger partial charge in [-0.05, 0) is 24.0 Å². The largest absolute Gasteiger partial charge is 0.394 e. The number of aliphatic hydroxyl groups excluding tert-OH is 3. The molecule has 0 spiro atoms. The minimum atomic E-state index is -1.20. The molecular formula is C22H29N5O4. The van der Waals surface area contributed by atoms with Gasteiger partial charge >= 0.3 is 0 Å². The lowest BCUT2D eigenvalue weighted by atomic mass is 10.1. The number of anilines is 1. The zero-order valence-corrected chi connectivity index (χ0v) is 17.6. The van der Waals surface area contributed by atoms with Crippen LogP contribution in [0.2, 0.25) is 0 Å². The molecule has 3 heterocycles. The lowest BCUT2D eigenvalue weighted by Crippen LogP contribution is -2.33. The molecular weight excluding hydrogens is 398 g/mol. The van der Waals surface area contributed by atoms with Crippen LogP contribution in [0.3, 0.4) is 0 Å². The average Bonchev–Trinajstić information content (AvgIpc) is 3.34. The first kappa shape index (κ1) is 21.6. The Bertz CT molecular complexity index is 993. The van der Waals surface area contributed by atoms with Crippen molar-refractivity contribution in [2.75, 3.05) is 11.9 Å². The summed E-state index contributed by atoms with van der Waals surface area (Å²) in [5, 5.41) is 33.0. The van der Waals surface area contributed by atoms with E-state index in [1.54, 1.807) is 4.57 Å². The molecule has 1 aromatic carbocycles. The van der Waals surface area contributed by atoms with Crippen molar-refractivity contribution in [2.24, 2.45) is 0 Å². The Morgan fingerprint density at radius 1 is 1.03 bits per heavy atom. The van der Waals surface area contributed by atoms with Gasteiger partial charge in [0, 0.05) is 6.54 Å². The molecule has 0 saturated carbocycles. The SMILES string of the molecule is CCCCCc1ccc(CNc2ncnc3c2ncn3C2O[C@H](CO)[C@@H](O)[C@H]2O)cc1. The summed E-state index contributed by atoms with van der Waals surface area (Å²) < 4.78 is 7.15. The number of ether oxygens (including phenoxy) is 1. The molecule has 4 rings (SSSR count). The first-order valence-electron chi connectivity index (χ1n) is 10.7. The van der Waals surface area contributed by atoms with Crippen LogP contribution in [0.25, 0.3) is 11.2 Å². The van der Waals surface area contributed by atoms with E-state index in [1.807, 2.05) is 0 Å². The van der Waals surface area contributed by atoms with Gasteiger partial charge in [-0.25, -0.2) is 15.0 Å². The number of rotatable bonds is 9. The van der Waals surface area contributed by atoms with E-state index in [0.29, 0.717) is 23.5 Å². The molecule has 4 N–H and O–H groups in total. The smallest absolute Gasteiger partial charge is 0.167 e. The van der Waals surface area contributed by atoms with Crippen LogP contribution in [0, 0.1) is 0 Å². The number of hydrogen-bond acceptors (Lipinski definition) is 8. The maximum absolute atomic E-state index is 10.3. The van der Waals surface area contributed by atoms with Crippen LogP contribution in [0.1, 0.15) is 43.5 Å². The number of nitrogens with zero attached hydrogens (tertiary/aromatic N) is 4. The van der Waals surface area contributed by atoms with Gasteiger partial charge in [0.1, 0.15) is 24.6 Å². The van der Waals surface area contributed by atoms with E-state index in [1.165, 1.54) is 37.5 Å². The number of hydrogen-bond donors (Lipinski definition) is 4. The van der Waals surface area contributed by atoms with Gasteiger partial charge in [-0.15, -0.1) is 0 Å². The molecule has 4 atom stereocenters. The Hall–Kier alpha value is -2.59. The summed E-state index contributed by atoms with van der Waals surface area (Å²) in [5.74, 6) is 0.572. The van der Waals surface area contributed by atoms with Crippen LogP contribution in [0.15, 0.2) is 36.9 Å². The molecule has 1 saturated heterocycles. The summed E-state index contributed by atoms with van der Waals surface area (Å²) in [6.45, 7) is 2.41. The Kier molecular flexibility index (Phi) is 6.77. The fourth-order valence-electron chi connectivity index (χ4n) is 3.87. The average molecular weight is 428 g/mol. The molecule has 1 unspecified atom stereocenters. The number of fused-ring (bicyclic) bond motifs is 1. The van der Waals surface area contributed by atoms with Gasteiger partial charge < -0.3 is 25.4 Å². The predicted molar refractivity (Wildman–Crippen MR) is 115 cm³/mol. The van der Waals surface area contributed by atoms with E-state index in [4.69, 9.17) is 4.74 Å². The summed E-state index contributed by atoms with van der Waals surface area (Å²) in [7, 11) is 0. The van der Waals surface area contributed by atoms with E-state index in [2.05, 4.69) is 51.5 Å². The standard InChI is InChI=1S/C22H29N5O4/c1-2-3-4-5-14-6-8-15(9-7-14)10-23-20-17-21(25-12-24-20)27(13-26-17)22-19(30)18(29)16(11-28)31-22/h6-9,12-13,16,18-19,22,28-30H,2-5,10-11H2,1H3,(H,23,24,25)/t16-,18-,19-,22?/m1/s1. The zero-order valence-electron chi connectivity index (χ0n) is 17.6. The van der Waals surface area contributed by atoms with Crippen LogP contribution in [-0.2, 0) is 17.7 Å². The minimum Gasteiger partial charge on any atom is -0.394 e. The van der Waals surface area contributed by atoms with E-state index < -0.39 is 24.5 Å². The normalized spacial score (nSPS) is 23.5.